The Labute approximate surface area is 273 Å². The van der Waals surface area contributed by atoms with E-state index in [0.29, 0.717) is 11.5 Å². The third-order valence-electron chi connectivity index (χ3n) is 7.56. The fraction of sp³-hybridized carbons (Fsp3) is 0.526. The second-order valence-electron chi connectivity index (χ2n) is 11.1. The van der Waals surface area contributed by atoms with Crippen LogP contribution in [0.2, 0.25) is 0 Å². The number of aromatic nitrogens is 1. The number of aliphatic imine (C=N–C) groups is 2. The number of ether oxygens (including phenoxy) is 1. The van der Waals surface area contributed by atoms with Crippen LogP contribution in [0, 0.1) is 5.92 Å². The van der Waals surface area contributed by atoms with Gasteiger partial charge in [-0.1, -0.05) is 84.9 Å². The molecule has 1 unspecified atom stereocenters. The average molecular weight is 618 g/mol. The highest BCUT2D eigenvalue weighted by atomic mass is 16.5. The third-order valence-corrected chi connectivity index (χ3v) is 7.56. The molecular formula is C38H59N5O2. The number of nitrogens with one attached hydrogen (secondary N) is 2. The summed E-state index contributed by atoms with van der Waals surface area (Å²) in [7, 11) is 3.31. The van der Waals surface area contributed by atoms with Crippen LogP contribution in [0.4, 0.5) is 0 Å². The lowest BCUT2D eigenvalue weighted by Gasteiger charge is -2.19. The highest BCUT2D eigenvalue weighted by Gasteiger charge is 2.15. The molecule has 45 heavy (non-hydrogen) atoms. The van der Waals surface area contributed by atoms with Crippen molar-refractivity contribution in [1.29, 1.82) is 0 Å². The second kappa shape index (κ2) is 24.6. The van der Waals surface area contributed by atoms with E-state index < -0.39 is 0 Å². The molecule has 2 heterocycles. The number of aryl methyl sites for hydroxylation is 1. The molecule has 1 aromatic heterocycles. The van der Waals surface area contributed by atoms with Crippen molar-refractivity contribution < 1.29 is 9.53 Å². The molecule has 1 aliphatic heterocycles. The summed E-state index contributed by atoms with van der Waals surface area (Å²) in [5, 5.41) is 6.82. The quantitative estimate of drug-likeness (QED) is 0.219. The number of methoxy groups -OCH3 is 1. The number of pyridine rings is 1. The summed E-state index contributed by atoms with van der Waals surface area (Å²) in [5.41, 5.74) is 7.34. The van der Waals surface area contributed by atoms with Gasteiger partial charge in [0.15, 0.2) is 0 Å². The Morgan fingerprint density at radius 2 is 1.69 bits per heavy atom. The molecule has 7 heteroatoms. The summed E-state index contributed by atoms with van der Waals surface area (Å²) in [4.78, 5) is 24.8. The molecule has 0 saturated carbocycles. The number of carbonyl (C=O) groups is 1. The van der Waals surface area contributed by atoms with Crippen LogP contribution in [0.15, 0.2) is 81.9 Å². The normalized spacial score (nSPS) is 17.5. The molecule has 1 aliphatic rings. The Morgan fingerprint density at radius 1 is 0.978 bits per heavy atom. The zero-order valence-electron chi connectivity index (χ0n) is 29.3. The summed E-state index contributed by atoms with van der Waals surface area (Å²) in [6.07, 6.45) is 18.5. The first kappa shape index (κ1) is 39.3. The molecule has 0 bridgehead atoms. The molecule has 7 nitrogen and oxygen atoms in total. The summed E-state index contributed by atoms with van der Waals surface area (Å²) in [6, 6.07) is 11.5. The highest BCUT2D eigenvalue weighted by molar-refractivity contribution is 5.98. The van der Waals surface area contributed by atoms with Gasteiger partial charge in [0, 0.05) is 62.5 Å². The molecule has 0 amide bonds. The SMILES string of the molecule is CCCCC.CCCCC(CC)C1=N/C(C)=C(\NC)C=NCC/C(NCc2cccnc2)=C\1.CCc1ccc(C(=O)OC)cc1. The van der Waals surface area contributed by atoms with Gasteiger partial charge in [-0.25, -0.2) is 4.79 Å². The van der Waals surface area contributed by atoms with Gasteiger partial charge in [0.25, 0.3) is 0 Å². The Morgan fingerprint density at radius 3 is 2.22 bits per heavy atom. The molecule has 0 saturated heterocycles. The minimum Gasteiger partial charge on any atom is -0.465 e. The highest BCUT2D eigenvalue weighted by Crippen LogP contribution is 2.20. The number of esters is 1. The number of rotatable bonds is 13. The predicted molar refractivity (Wildman–Crippen MR) is 192 cm³/mol. The van der Waals surface area contributed by atoms with Crippen LogP contribution < -0.4 is 10.6 Å². The van der Waals surface area contributed by atoms with E-state index in [1.807, 2.05) is 37.7 Å². The van der Waals surface area contributed by atoms with Gasteiger partial charge >= 0.3 is 5.97 Å². The van der Waals surface area contributed by atoms with Crippen molar-refractivity contribution in [2.45, 2.75) is 106 Å². The van der Waals surface area contributed by atoms with E-state index >= 15 is 0 Å². The molecule has 0 aliphatic carbocycles. The number of hydrogen-bond acceptors (Lipinski definition) is 7. The lowest BCUT2D eigenvalue weighted by Crippen LogP contribution is -2.20. The first-order valence-corrected chi connectivity index (χ1v) is 16.8. The number of allylic oxidation sites excluding steroid dienone is 3. The van der Waals surface area contributed by atoms with Gasteiger partial charge < -0.3 is 15.4 Å². The van der Waals surface area contributed by atoms with Crippen molar-refractivity contribution in [3.63, 3.8) is 0 Å². The van der Waals surface area contributed by atoms with Crippen LogP contribution in [0.1, 0.15) is 114 Å². The smallest absolute Gasteiger partial charge is 0.337 e. The summed E-state index contributed by atoms with van der Waals surface area (Å²) < 4.78 is 4.57. The van der Waals surface area contributed by atoms with Crippen LogP contribution in [-0.4, -0.2) is 43.6 Å². The van der Waals surface area contributed by atoms with Crippen molar-refractivity contribution in [2.75, 3.05) is 20.7 Å². The molecule has 3 rings (SSSR count). The van der Waals surface area contributed by atoms with Crippen LogP contribution in [0.3, 0.4) is 0 Å². The van der Waals surface area contributed by atoms with E-state index in [-0.39, 0.29) is 5.97 Å². The standard InChI is InChI=1S/C23H35N5.C10H12O2.C5H12/c1-5-7-10-20(6-2)22-14-21(27-16-19-9-8-12-25-15-19)11-13-26-17-23(24-4)18(3)28-22;1-3-8-4-6-9(7-5-8)10(11)12-2;1-3-5-4-2/h8-9,12,14-15,17,20,24,27H,5-7,10-11,13,16H2,1-4H3;4-7H,3H2,1-2H3;3-5H2,1-2H3/b21-14+,23-18-,26-17?,28-22+;;. The van der Waals surface area contributed by atoms with E-state index in [1.54, 1.807) is 18.3 Å². The van der Waals surface area contributed by atoms with Gasteiger partial charge in [-0.2, -0.15) is 0 Å². The number of carbonyl (C=O) groups excluding carboxylic acids is 1. The first-order valence-electron chi connectivity index (χ1n) is 16.8. The summed E-state index contributed by atoms with van der Waals surface area (Å²) in [6.45, 7) is 14.6. The maximum Gasteiger partial charge on any atom is 0.337 e. The minimum atomic E-state index is -0.280. The first-order chi connectivity index (χ1) is 21.9. The van der Waals surface area contributed by atoms with Crippen molar-refractivity contribution in [1.82, 2.24) is 15.6 Å². The largest absolute Gasteiger partial charge is 0.465 e. The van der Waals surface area contributed by atoms with Crippen molar-refractivity contribution in [3.8, 4) is 0 Å². The molecule has 2 N–H and O–H groups in total. The van der Waals surface area contributed by atoms with Crippen molar-refractivity contribution in [3.05, 3.63) is 88.6 Å². The molecule has 248 valence electrons. The van der Waals surface area contributed by atoms with E-state index in [9.17, 15) is 4.79 Å². The van der Waals surface area contributed by atoms with Gasteiger partial charge in [0.05, 0.1) is 24.1 Å². The van der Waals surface area contributed by atoms with Gasteiger partial charge in [-0.3, -0.25) is 15.0 Å². The van der Waals surface area contributed by atoms with E-state index in [4.69, 9.17) is 4.99 Å². The number of hydrogen-bond donors (Lipinski definition) is 2. The van der Waals surface area contributed by atoms with E-state index in [2.05, 4.69) is 79.0 Å². The zero-order chi connectivity index (χ0) is 33.3. The molecule has 2 aromatic rings. The van der Waals surface area contributed by atoms with Gasteiger partial charge in [-0.05, 0) is 61.6 Å². The number of unbranched alkanes of at least 4 members (excludes halogenated alkanes) is 3. The number of benzene rings is 1. The predicted octanol–water partition coefficient (Wildman–Crippen LogP) is 8.87. The topological polar surface area (TPSA) is 88.0 Å². The van der Waals surface area contributed by atoms with Crippen molar-refractivity contribution in [2.24, 2.45) is 15.9 Å². The Kier molecular flexibility index (Phi) is 21.4. The van der Waals surface area contributed by atoms with Gasteiger partial charge in [-0.15, -0.1) is 0 Å². The van der Waals surface area contributed by atoms with Crippen molar-refractivity contribution >= 4 is 17.9 Å². The monoisotopic (exact) mass is 617 g/mol. The Bertz CT molecular complexity index is 1200. The lowest BCUT2D eigenvalue weighted by atomic mass is 9.92. The Balaban J connectivity index is 0.000000488. The lowest BCUT2D eigenvalue weighted by molar-refractivity contribution is 0.0600. The van der Waals surface area contributed by atoms with E-state index in [1.165, 1.54) is 68.2 Å². The van der Waals surface area contributed by atoms with E-state index in [0.717, 1.165) is 43.7 Å². The van der Waals surface area contributed by atoms with Crippen LogP contribution in [-0.2, 0) is 17.7 Å². The summed E-state index contributed by atoms with van der Waals surface area (Å²) >= 11 is 0. The maximum atomic E-state index is 11.0. The fourth-order valence-corrected chi connectivity index (χ4v) is 4.64. The minimum absolute atomic E-state index is 0.280. The second-order valence-corrected chi connectivity index (χ2v) is 11.1. The third kappa shape index (κ3) is 16.2. The van der Waals surface area contributed by atoms with Gasteiger partial charge in [0.1, 0.15) is 0 Å². The van der Waals surface area contributed by atoms with Crippen LogP contribution in [0.5, 0.6) is 0 Å². The van der Waals surface area contributed by atoms with Gasteiger partial charge in [0.2, 0.25) is 0 Å². The molecule has 1 aromatic carbocycles. The molecule has 0 spiro atoms. The van der Waals surface area contributed by atoms with Crippen LogP contribution in [0.25, 0.3) is 0 Å². The molecule has 0 radical (unpaired) electrons. The van der Waals surface area contributed by atoms with Crippen LogP contribution >= 0.6 is 0 Å². The molecular weight excluding hydrogens is 558 g/mol. The molecule has 1 atom stereocenters. The molecule has 0 fully saturated rings. The summed E-state index contributed by atoms with van der Waals surface area (Å²) in [5.74, 6) is 0.192. The fourth-order valence-electron chi connectivity index (χ4n) is 4.64. The zero-order valence-corrected chi connectivity index (χ0v) is 29.3. The Hall–Kier alpha value is -3.74. The maximum absolute atomic E-state index is 11.0. The average Bonchev–Trinajstić information content (AvgIpc) is 3.08. The number of nitrogens with zero attached hydrogens (tertiary/aromatic N) is 3.